The minimum absolute atomic E-state index is 0.0114. The molecule has 2 aromatic rings. The van der Waals surface area contributed by atoms with E-state index in [0.717, 1.165) is 6.26 Å². The summed E-state index contributed by atoms with van der Waals surface area (Å²) in [6, 6.07) is 3.35. The Morgan fingerprint density at radius 3 is 2.86 bits per heavy atom. The molecule has 0 N–H and O–H groups in total. The van der Waals surface area contributed by atoms with Crippen LogP contribution < -0.4 is 4.90 Å². The monoisotopic (exact) mass is 330 g/mol. The Morgan fingerprint density at radius 2 is 2.19 bits per heavy atom. The standard InChI is InChI=1S/C12H15ClN4O3S/c1-8-7-20-6-5-16(8)11-9-3-4-10(21(2,18)19)17(9)15-12(13)14-11/h3-4,8H,5-7H2,1-2H3. The van der Waals surface area contributed by atoms with Gasteiger partial charge in [-0.1, -0.05) is 0 Å². The van der Waals surface area contributed by atoms with Crippen LogP contribution in [0.3, 0.4) is 0 Å². The number of nitrogens with zero attached hydrogens (tertiary/aromatic N) is 4. The minimum Gasteiger partial charge on any atom is -0.377 e. The summed E-state index contributed by atoms with van der Waals surface area (Å²) >= 11 is 5.97. The molecule has 21 heavy (non-hydrogen) atoms. The average Bonchev–Trinajstić information content (AvgIpc) is 2.82. The summed E-state index contributed by atoms with van der Waals surface area (Å²) in [6.45, 7) is 3.88. The Morgan fingerprint density at radius 1 is 1.43 bits per heavy atom. The van der Waals surface area contributed by atoms with Gasteiger partial charge in [0.25, 0.3) is 0 Å². The number of morpholine rings is 1. The summed E-state index contributed by atoms with van der Waals surface area (Å²) in [4.78, 5) is 6.33. The van der Waals surface area contributed by atoms with Crippen molar-refractivity contribution in [2.45, 2.75) is 18.0 Å². The van der Waals surface area contributed by atoms with Gasteiger partial charge in [0.1, 0.15) is 5.52 Å². The molecular weight excluding hydrogens is 316 g/mol. The van der Waals surface area contributed by atoms with Gasteiger partial charge in [-0.25, -0.2) is 12.9 Å². The molecule has 1 fully saturated rings. The Balaban J connectivity index is 2.22. The van der Waals surface area contributed by atoms with E-state index in [2.05, 4.69) is 15.0 Å². The quantitative estimate of drug-likeness (QED) is 0.818. The van der Waals surface area contributed by atoms with Crippen molar-refractivity contribution in [2.75, 3.05) is 30.9 Å². The lowest BCUT2D eigenvalue weighted by Gasteiger charge is -2.34. The molecule has 2 aromatic heterocycles. The smallest absolute Gasteiger partial charge is 0.243 e. The molecule has 1 unspecified atom stereocenters. The number of sulfone groups is 1. The second-order valence-electron chi connectivity index (χ2n) is 5.06. The maximum atomic E-state index is 11.8. The molecular formula is C12H15ClN4O3S. The summed E-state index contributed by atoms with van der Waals surface area (Å²) in [6.07, 6.45) is 1.14. The molecule has 0 bridgehead atoms. The van der Waals surface area contributed by atoms with Crippen LogP contribution in [0, 0.1) is 0 Å². The Kier molecular flexibility index (Phi) is 3.54. The van der Waals surface area contributed by atoms with Gasteiger partial charge >= 0.3 is 0 Å². The third-order valence-corrected chi connectivity index (χ3v) is 4.68. The number of aromatic nitrogens is 3. The first-order chi connectivity index (χ1) is 9.88. The van der Waals surface area contributed by atoms with Crippen LogP contribution in [-0.2, 0) is 14.6 Å². The van der Waals surface area contributed by atoms with Gasteiger partial charge in [0.15, 0.2) is 20.7 Å². The van der Waals surface area contributed by atoms with Crippen molar-refractivity contribution in [1.29, 1.82) is 0 Å². The zero-order chi connectivity index (χ0) is 15.2. The molecule has 0 aromatic carbocycles. The van der Waals surface area contributed by atoms with Crippen LogP contribution >= 0.6 is 11.6 Å². The first-order valence-corrected chi connectivity index (χ1v) is 8.74. The van der Waals surface area contributed by atoms with E-state index in [1.807, 2.05) is 6.92 Å². The molecule has 1 aliphatic rings. The highest BCUT2D eigenvalue weighted by molar-refractivity contribution is 7.90. The number of halogens is 1. The van der Waals surface area contributed by atoms with Crippen molar-refractivity contribution in [3.8, 4) is 0 Å². The maximum absolute atomic E-state index is 11.8. The third kappa shape index (κ3) is 2.58. The molecule has 0 spiro atoms. The lowest BCUT2D eigenvalue weighted by molar-refractivity contribution is 0.0986. The van der Waals surface area contributed by atoms with Crippen molar-refractivity contribution in [3.05, 3.63) is 17.4 Å². The van der Waals surface area contributed by atoms with E-state index in [9.17, 15) is 8.42 Å². The SMILES string of the molecule is CC1COCCN1c1nc(Cl)nn2c(S(C)(=O)=O)ccc12. The molecule has 3 heterocycles. The highest BCUT2D eigenvalue weighted by Crippen LogP contribution is 2.27. The molecule has 1 atom stereocenters. The van der Waals surface area contributed by atoms with Gasteiger partial charge in [0.2, 0.25) is 5.28 Å². The number of hydrogen-bond acceptors (Lipinski definition) is 6. The molecule has 0 aliphatic carbocycles. The van der Waals surface area contributed by atoms with Crippen LogP contribution in [-0.4, -0.2) is 55.1 Å². The summed E-state index contributed by atoms with van der Waals surface area (Å²) in [5.41, 5.74) is 0.619. The third-order valence-electron chi connectivity index (χ3n) is 3.45. The second-order valence-corrected chi connectivity index (χ2v) is 7.36. The van der Waals surface area contributed by atoms with Crippen LogP contribution in [0.4, 0.5) is 5.82 Å². The molecule has 0 radical (unpaired) electrons. The van der Waals surface area contributed by atoms with Crippen molar-refractivity contribution in [3.63, 3.8) is 0 Å². The second kappa shape index (κ2) is 5.11. The van der Waals surface area contributed by atoms with E-state index >= 15 is 0 Å². The van der Waals surface area contributed by atoms with Gasteiger partial charge in [-0.3, -0.25) is 0 Å². The maximum Gasteiger partial charge on any atom is 0.243 e. The summed E-state index contributed by atoms with van der Waals surface area (Å²) in [5, 5.41) is 4.13. The fraction of sp³-hybridized carbons (Fsp3) is 0.500. The van der Waals surface area contributed by atoms with E-state index in [4.69, 9.17) is 16.3 Å². The fourth-order valence-corrected chi connectivity index (χ4v) is 3.39. The van der Waals surface area contributed by atoms with E-state index in [1.54, 1.807) is 6.07 Å². The highest BCUT2D eigenvalue weighted by Gasteiger charge is 2.25. The van der Waals surface area contributed by atoms with E-state index in [-0.39, 0.29) is 16.4 Å². The first kappa shape index (κ1) is 14.6. The highest BCUT2D eigenvalue weighted by atomic mass is 35.5. The van der Waals surface area contributed by atoms with Crippen LogP contribution in [0.25, 0.3) is 5.52 Å². The fourth-order valence-electron chi connectivity index (χ4n) is 2.47. The topological polar surface area (TPSA) is 76.8 Å². The van der Waals surface area contributed by atoms with Crippen molar-refractivity contribution >= 4 is 32.8 Å². The minimum atomic E-state index is -3.39. The number of hydrogen-bond donors (Lipinski definition) is 0. The van der Waals surface area contributed by atoms with E-state index in [1.165, 1.54) is 10.6 Å². The number of rotatable bonds is 2. The van der Waals surface area contributed by atoms with Crippen molar-refractivity contribution in [2.24, 2.45) is 0 Å². The number of anilines is 1. The Hall–Kier alpha value is -1.38. The zero-order valence-electron chi connectivity index (χ0n) is 11.7. The van der Waals surface area contributed by atoms with Crippen LogP contribution in [0.1, 0.15) is 6.92 Å². The Bertz CT molecular complexity index is 789. The summed E-state index contributed by atoms with van der Waals surface area (Å²) in [7, 11) is -3.39. The van der Waals surface area contributed by atoms with Crippen LogP contribution in [0.5, 0.6) is 0 Å². The molecule has 1 saturated heterocycles. The largest absolute Gasteiger partial charge is 0.377 e. The number of ether oxygens (including phenoxy) is 1. The lowest BCUT2D eigenvalue weighted by Crippen LogP contribution is -2.44. The molecule has 0 amide bonds. The number of fused-ring (bicyclic) bond motifs is 1. The van der Waals surface area contributed by atoms with E-state index in [0.29, 0.717) is 31.1 Å². The van der Waals surface area contributed by atoms with Gasteiger partial charge in [0, 0.05) is 12.8 Å². The Labute approximate surface area is 127 Å². The molecule has 114 valence electrons. The van der Waals surface area contributed by atoms with E-state index < -0.39 is 9.84 Å². The normalized spacial score (nSPS) is 20.1. The van der Waals surface area contributed by atoms with Gasteiger partial charge in [-0.15, -0.1) is 5.10 Å². The molecule has 7 nitrogen and oxygen atoms in total. The molecule has 0 saturated carbocycles. The van der Waals surface area contributed by atoms with Crippen molar-refractivity contribution in [1.82, 2.24) is 14.6 Å². The molecule has 1 aliphatic heterocycles. The van der Waals surface area contributed by atoms with Crippen LogP contribution in [0.15, 0.2) is 17.2 Å². The van der Waals surface area contributed by atoms with Gasteiger partial charge in [0.05, 0.1) is 19.3 Å². The summed E-state index contributed by atoms with van der Waals surface area (Å²) < 4.78 is 30.4. The first-order valence-electron chi connectivity index (χ1n) is 6.47. The predicted octanol–water partition coefficient (Wildman–Crippen LogP) is 1.01. The molecule has 9 heteroatoms. The van der Waals surface area contributed by atoms with Gasteiger partial charge in [-0.2, -0.15) is 4.98 Å². The predicted molar refractivity (Wildman–Crippen MR) is 78.7 cm³/mol. The van der Waals surface area contributed by atoms with Gasteiger partial charge < -0.3 is 9.64 Å². The average molecular weight is 331 g/mol. The van der Waals surface area contributed by atoms with Crippen molar-refractivity contribution < 1.29 is 13.2 Å². The van der Waals surface area contributed by atoms with Gasteiger partial charge in [-0.05, 0) is 30.7 Å². The lowest BCUT2D eigenvalue weighted by atomic mass is 10.2. The summed E-state index contributed by atoms with van der Waals surface area (Å²) in [5.74, 6) is 0.626. The zero-order valence-corrected chi connectivity index (χ0v) is 13.2. The van der Waals surface area contributed by atoms with Crippen LogP contribution in [0.2, 0.25) is 5.28 Å². The molecule has 3 rings (SSSR count).